The van der Waals surface area contributed by atoms with E-state index in [0.717, 1.165) is 11.1 Å². The van der Waals surface area contributed by atoms with E-state index in [1.54, 1.807) is 0 Å². The van der Waals surface area contributed by atoms with Crippen LogP contribution in [0.15, 0.2) is 23.3 Å². The molecule has 0 radical (unpaired) electrons. The van der Waals surface area contributed by atoms with Crippen molar-refractivity contribution in [3.05, 3.63) is 46.8 Å². The number of imidazole rings is 1. The highest BCUT2D eigenvalue weighted by molar-refractivity contribution is 7.90. The highest BCUT2D eigenvalue weighted by Crippen LogP contribution is 2.34. The zero-order valence-electron chi connectivity index (χ0n) is 21.3. The van der Waals surface area contributed by atoms with Crippen LogP contribution in [0.5, 0.6) is 0 Å². The summed E-state index contributed by atoms with van der Waals surface area (Å²) in [6.07, 6.45) is -3.30. The Labute approximate surface area is 224 Å². The lowest BCUT2D eigenvalue weighted by atomic mass is 10.1. The number of aromatic nitrogens is 2. The van der Waals surface area contributed by atoms with Crippen molar-refractivity contribution in [2.24, 2.45) is 11.0 Å². The lowest BCUT2D eigenvalue weighted by molar-refractivity contribution is -0.141. The third kappa shape index (κ3) is 5.60. The van der Waals surface area contributed by atoms with Gasteiger partial charge >= 0.3 is 21.7 Å². The maximum atomic E-state index is 15.0. The Hall–Kier alpha value is -3.37. The molecule has 9 nitrogen and oxygen atoms in total. The molecule has 0 spiro atoms. The highest BCUT2D eigenvalue weighted by Gasteiger charge is 2.52. The van der Waals surface area contributed by atoms with E-state index in [9.17, 15) is 39.6 Å². The van der Waals surface area contributed by atoms with Crippen LogP contribution in [0.2, 0.25) is 0 Å². The summed E-state index contributed by atoms with van der Waals surface area (Å²) in [5.41, 5.74) is -7.41. The lowest BCUT2D eigenvalue weighted by Gasteiger charge is -2.35. The molecule has 0 aliphatic carbocycles. The maximum Gasteiger partial charge on any atom is 0.516 e. The van der Waals surface area contributed by atoms with Gasteiger partial charge in [-0.05, 0) is 30.5 Å². The molecule has 40 heavy (non-hydrogen) atoms. The second kappa shape index (κ2) is 10.6. The van der Waals surface area contributed by atoms with Gasteiger partial charge in [0.1, 0.15) is 23.2 Å². The molecule has 1 aromatic heterocycles. The third-order valence-corrected chi connectivity index (χ3v) is 7.93. The van der Waals surface area contributed by atoms with Crippen molar-refractivity contribution in [1.29, 1.82) is 0 Å². The molecule has 17 heteroatoms. The summed E-state index contributed by atoms with van der Waals surface area (Å²) in [7, 11) is -5.70. The Balaban J connectivity index is 1.53. The minimum atomic E-state index is -5.70. The molecule has 0 atom stereocenters. The van der Waals surface area contributed by atoms with E-state index in [1.165, 1.54) is 30.5 Å². The summed E-state index contributed by atoms with van der Waals surface area (Å²) in [6.45, 7) is 1.74. The second-order valence-corrected chi connectivity index (χ2v) is 11.4. The molecule has 1 aromatic carbocycles. The summed E-state index contributed by atoms with van der Waals surface area (Å²) in [5.74, 6) is -2.92. The number of amides is 1. The molecular formula is C23H25F7N6O3S. The molecule has 2 aliphatic heterocycles. The number of hydrogen-bond acceptors (Lipinski definition) is 6. The van der Waals surface area contributed by atoms with Crippen LogP contribution in [0, 0.1) is 11.7 Å². The fraction of sp³-hybridized carbons (Fsp3) is 0.522. The molecule has 0 saturated heterocycles. The fourth-order valence-electron chi connectivity index (χ4n) is 4.52. The van der Waals surface area contributed by atoms with Crippen LogP contribution >= 0.6 is 0 Å². The number of aryl methyl sites for hydroxylation is 1. The van der Waals surface area contributed by atoms with Crippen molar-refractivity contribution in [2.45, 2.75) is 57.9 Å². The predicted molar refractivity (Wildman–Crippen MR) is 129 cm³/mol. The van der Waals surface area contributed by atoms with Gasteiger partial charge in [-0.1, -0.05) is 19.9 Å². The summed E-state index contributed by atoms with van der Waals surface area (Å²) in [5, 5.41) is 7.35. The van der Waals surface area contributed by atoms with Crippen molar-refractivity contribution < 1.29 is 43.9 Å². The average Bonchev–Trinajstić information content (AvgIpc) is 3.27. The van der Waals surface area contributed by atoms with Crippen LogP contribution in [0.4, 0.5) is 36.4 Å². The van der Waals surface area contributed by atoms with Gasteiger partial charge in [-0.25, -0.2) is 13.7 Å². The molecule has 2 aliphatic rings. The predicted octanol–water partition coefficient (Wildman–Crippen LogP) is 4.25. The number of nitrogens with zero attached hydrogens (tertiary/aromatic N) is 5. The van der Waals surface area contributed by atoms with Gasteiger partial charge in [0.25, 0.3) is 5.91 Å². The van der Waals surface area contributed by atoms with Gasteiger partial charge in [-0.3, -0.25) is 9.80 Å². The van der Waals surface area contributed by atoms with E-state index in [2.05, 4.69) is 15.4 Å². The number of amidine groups is 1. The molecule has 220 valence electrons. The van der Waals surface area contributed by atoms with E-state index in [-0.39, 0.29) is 41.0 Å². The molecule has 3 heterocycles. The van der Waals surface area contributed by atoms with Gasteiger partial charge in [0.15, 0.2) is 5.69 Å². The number of carbonyl (C=O) groups is 1. The van der Waals surface area contributed by atoms with Crippen LogP contribution in [0.3, 0.4) is 0 Å². The average molecular weight is 599 g/mol. The summed E-state index contributed by atoms with van der Waals surface area (Å²) in [4.78, 5) is 16.4. The zero-order valence-corrected chi connectivity index (χ0v) is 22.1. The van der Waals surface area contributed by atoms with E-state index in [0.29, 0.717) is 19.3 Å². The number of halogens is 7. The maximum absolute atomic E-state index is 15.0. The molecule has 4 rings (SSSR count). The smallest absolute Gasteiger partial charge is 0.347 e. The SMILES string of the molecule is CC(C)C1=NN(c2ccc(CNC(=O)c3c(C(F)(F)F)nc4n3CCCC4)cc2F)CCN1S(=O)(=O)C(F)(F)F. The zero-order chi connectivity index (χ0) is 29.6. The van der Waals surface area contributed by atoms with E-state index >= 15 is 4.39 Å². The monoisotopic (exact) mass is 598 g/mol. The van der Waals surface area contributed by atoms with Crippen molar-refractivity contribution in [3.8, 4) is 0 Å². The number of alkyl halides is 6. The first kappa shape index (κ1) is 29.6. The molecule has 1 N–H and O–H groups in total. The van der Waals surface area contributed by atoms with Crippen molar-refractivity contribution in [2.75, 3.05) is 18.1 Å². The number of benzene rings is 1. The van der Waals surface area contributed by atoms with Crippen LogP contribution < -0.4 is 10.3 Å². The third-order valence-electron chi connectivity index (χ3n) is 6.40. The molecule has 0 fully saturated rings. The first-order valence-electron chi connectivity index (χ1n) is 12.2. The molecule has 1 amide bonds. The van der Waals surface area contributed by atoms with Gasteiger partial charge in [0.05, 0.1) is 18.8 Å². The normalized spacial score (nSPS) is 16.7. The van der Waals surface area contributed by atoms with E-state index < -0.39 is 63.1 Å². The van der Waals surface area contributed by atoms with Crippen molar-refractivity contribution >= 4 is 27.5 Å². The number of rotatable bonds is 6. The topological polar surface area (TPSA) is 99.9 Å². The molecule has 2 aromatic rings. The minimum absolute atomic E-state index is 0.153. The van der Waals surface area contributed by atoms with Gasteiger partial charge in [-0.2, -0.15) is 39.9 Å². The Morgan fingerprint density at radius 1 is 1.07 bits per heavy atom. The molecular weight excluding hydrogens is 573 g/mol. The van der Waals surface area contributed by atoms with Gasteiger partial charge in [0, 0.05) is 25.4 Å². The number of hydrogen-bond donors (Lipinski definition) is 1. The van der Waals surface area contributed by atoms with Gasteiger partial charge < -0.3 is 9.88 Å². The molecule has 0 bridgehead atoms. The first-order chi connectivity index (χ1) is 18.5. The van der Waals surface area contributed by atoms with Crippen molar-refractivity contribution in [3.63, 3.8) is 0 Å². The summed E-state index contributed by atoms with van der Waals surface area (Å²) in [6, 6.07) is 3.59. The summed E-state index contributed by atoms with van der Waals surface area (Å²) < 4.78 is 120. The minimum Gasteiger partial charge on any atom is -0.347 e. The Morgan fingerprint density at radius 3 is 2.38 bits per heavy atom. The largest absolute Gasteiger partial charge is 0.516 e. The quantitative estimate of drug-likeness (QED) is 0.502. The van der Waals surface area contributed by atoms with Crippen molar-refractivity contribution in [1.82, 2.24) is 19.2 Å². The molecule has 0 saturated carbocycles. The van der Waals surface area contributed by atoms with Crippen LogP contribution in [0.25, 0.3) is 0 Å². The number of anilines is 1. The van der Waals surface area contributed by atoms with E-state index in [1.807, 2.05) is 0 Å². The number of fused-ring (bicyclic) bond motifs is 1. The number of carbonyl (C=O) groups excluding carboxylic acids is 1. The number of sulfonamides is 1. The number of hydrazone groups is 1. The Morgan fingerprint density at radius 2 is 1.77 bits per heavy atom. The van der Waals surface area contributed by atoms with Gasteiger partial charge in [-0.15, -0.1) is 0 Å². The number of nitrogens with one attached hydrogen (secondary N) is 1. The highest BCUT2D eigenvalue weighted by atomic mass is 32.2. The van der Waals surface area contributed by atoms with Crippen LogP contribution in [0.1, 0.15) is 54.3 Å². The van der Waals surface area contributed by atoms with Crippen LogP contribution in [-0.2, 0) is 35.7 Å². The summed E-state index contributed by atoms with van der Waals surface area (Å²) >= 11 is 0. The fourth-order valence-corrected chi connectivity index (χ4v) is 5.58. The van der Waals surface area contributed by atoms with E-state index in [4.69, 9.17) is 0 Å². The second-order valence-electron chi connectivity index (χ2n) is 9.56. The van der Waals surface area contributed by atoms with Crippen LogP contribution in [-0.4, -0.2) is 52.6 Å². The first-order valence-corrected chi connectivity index (χ1v) is 13.6. The standard InChI is InChI=1S/C23H25F7N6O3S/c1-13(2)20-33-35(9-10-36(20)40(38,39)23(28,29)30)16-7-6-14(11-15(16)24)12-31-21(37)18-19(22(25,26)27)32-17-5-3-4-8-34(17)18/h6-7,11,13H,3-5,8-10,12H2,1-2H3,(H,31,37). The molecule has 0 unspecified atom stereocenters. The van der Waals surface area contributed by atoms with Gasteiger partial charge in [0.2, 0.25) is 0 Å². The Bertz CT molecular complexity index is 1430. The lowest BCUT2D eigenvalue weighted by Crippen LogP contribution is -2.52. The Kier molecular flexibility index (Phi) is 7.81.